The van der Waals surface area contributed by atoms with Crippen LogP contribution in [-0.4, -0.2) is 37.5 Å². The number of allylic oxidation sites excluding steroid dienone is 1. The summed E-state index contributed by atoms with van der Waals surface area (Å²) in [4.78, 5) is 28.4. The first-order valence-corrected chi connectivity index (χ1v) is 14.5. The molecule has 3 aromatic carbocycles. The molecule has 1 saturated heterocycles. The van der Waals surface area contributed by atoms with Gasteiger partial charge in [-0.1, -0.05) is 67.6 Å². The fourth-order valence-corrected chi connectivity index (χ4v) is 6.32. The van der Waals surface area contributed by atoms with Crippen LogP contribution in [0.15, 0.2) is 83.7 Å². The number of likely N-dealkylation sites (tertiary alicyclic amines) is 1. The van der Waals surface area contributed by atoms with Gasteiger partial charge < -0.3 is 10.7 Å². The molecule has 7 heteroatoms. The minimum Gasteiger partial charge on any atom is -0.398 e. The number of rotatable bonds is 5. The van der Waals surface area contributed by atoms with E-state index in [-0.39, 0.29) is 11.7 Å². The Balaban J connectivity index is 1.09. The second-order valence-corrected chi connectivity index (χ2v) is 11.4. The number of anilines is 1. The topological polar surface area (TPSA) is 92.8 Å². The monoisotopic (exact) mass is 542 g/mol. The zero-order valence-electron chi connectivity index (χ0n) is 23.3. The molecule has 1 atom stereocenters. The molecule has 206 valence electrons. The Kier molecular flexibility index (Phi) is 6.51. The molecule has 7 nitrogen and oxygen atoms in total. The number of imidazole rings is 1. The third-order valence-corrected chi connectivity index (χ3v) is 8.50. The van der Waals surface area contributed by atoms with E-state index in [1.165, 1.54) is 5.56 Å². The molecule has 7 rings (SSSR count). The highest BCUT2D eigenvalue weighted by Crippen LogP contribution is 2.34. The highest BCUT2D eigenvalue weighted by molar-refractivity contribution is 5.89. The van der Waals surface area contributed by atoms with E-state index in [0.29, 0.717) is 11.6 Å². The Morgan fingerprint density at radius 2 is 1.59 bits per heavy atom. The van der Waals surface area contributed by atoms with Crippen LogP contribution >= 0.6 is 0 Å². The Hall–Kier alpha value is -4.49. The zero-order valence-corrected chi connectivity index (χ0v) is 23.3. The Bertz CT molecular complexity index is 1810. The molecule has 0 radical (unpaired) electrons. The zero-order chi connectivity index (χ0) is 27.9. The van der Waals surface area contributed by atoms with Crippen LogP contribution in [0.5, 0.6) is 0 Å². The summed E-state index contributed by atoms with van der Waals surface area (Å²) in [5, 5.41) is 0. The van der Waals surface area contributed by atoms with Gasteiger partial charge in [0, 0.05) is 48.2 Å². The van der Waals surface area contributed by atoms with Crippen LogP contribution in [0.1, 0.15) is 42.8 Å². The van der Waals surface area contributed by atoms with Crippen molar-refractivity contribution < 1.29 is 0 Å². The number of para-hydroxylation sites is 3. The molecule has 1 fully saturated rings. The molecule has 0 bridgehead atoms. The number of nitrogens with one attached hydrogen (secondary N) is 1. The van der Waals surface area contributed by atoms with E-state index in [9.17, 15) is 4.79 Å². The van der Waals surface area contributed by atoms with Crippen LogP contribution in [-0.2, 0) is 13.0 Å². The lowest BCUT2D eigenvalue weighted by Gasteiger charge is -2.33. The van der Waals surface area contributed by atoms with E-state index in [0.717, 1.165) is 83.8 Å². The molecule has 1 unspecified atom stereocenters. The first-order valence-electron chi connectivity index (χ1n) is 14.5. The lowest BCUT2D eigenvalue weighted by molar-refractivity contribution is 0.177. The summed E-state index contributed by atoms with van der Waals surface area (Å²) in [6, 6.07) is 24.7. The van der Waals surface area contributed by atoms with Gasteiger partial charge in [-0.3, -0.25) is 9.47 Å². The number of benzene rings is 3. The number of hydrogen-bond donors (Lipinski definition) is 2. The minimum atomic E-state index is 0.0382. The second-order valence-electron chi connectivity index (χ2n) is 11.4. The number of aromatic nitrogens is 4. The third kappa shape index (κ3) is 4.87. The van der Waals surface area contributed by atoms with Gasteiger partial charge in [-0.05, 0) is 55.0 Å². The largest absolute Gasteiger partial charge is 0.398 e. The first-order chi connectivity index (χ1) is 20.0. The van der Waals surface area contributed by atoms with Crippen molar-refractivity contribution in [2.24, 2.45) is 5.92 Å². The number of nitrogens with two attached hydrogens (primary N) is 1. The Labute approximate surface area is 239 Å². The van der Waals surface area contributed by atoms with E-state index in [2.05, 4.69) is 53.2 Å². The van der Waals surface area contributed by atoms with Crippen molar-refractivity contribution in [1.82, 2.24) is 24.4 Å². The molecule has 3 N–H and O–H groups in total. The fourth-order valence-electron chi connectivity index (χ4n) is 6.32. The molecule has 2 aliphatic rings. The average molecular weight is 543 g/mol. The third-order valence-electron chi connectivity index (χ3n) is 8.50. The highest BCUT2D eigenvalue weighted by Gasteiger charge is 2.26. The van der Waals surface area contributed by atoms with Gasteiger partial charge in [0.1, 0.15) is 0 Å². The Morgan fingerprint density at radius 1 is 0.902 bits per heavy atom. The summed E-state index contributed by atoms with van der Waals surface area (Å²) < 4.78 is 2.01. The van der Waals surface area contributed by atoms with Crippen LogP contribution in [0.4, 0.5) is 5.69 Å². The van der Waals surface area contributed by atoms with E-state index in [1.807, 2.05) is 53.1 Å². The van der Waals surface area contributed by atoms with E-state index < -0.39 is 0 Å². The van der Waals surface area contributed by atoms with Gasteiger partial charge in [0.2, 0.25) is 0 Å². The van der Waals surface area contributed by atoms with Crippen molar-refractivity contribution in [3.05, 3.63) is 106 Å². The quantitative estimate of drug-likeness (QED) is 0.263. The molecule has 0 amide bonds. The second kappa shape index (κ2) is 10.5. The number of H-pyrrole nitrogens is 1. The van der Waals surface area contributed by atoms with Crippen molar-refractivity contribution >= 4 is 22.8 Å². The molecule has 1 aliphatic carbocycles. The molecular formula is C34H34N6O. The minimum absolute atomic E-state index is 0.0382. The lowest BCUT2D eigenvalue weighted by Crippen LogP contribution is -2.37. The van der Waals surface area contributed by atoms with Crippen LogP contribution in [0, 0.1) is 5.92 Å². The predicted molar refractivity (Wildman–Crippen MR) is 165 cm³/mol. The van der Waals surface area contributed by atoms with E-state index in [1.54, 1.807) is 0 Å². The summed E-state index contributed by atoms with van der Waals surface area (Å²) in [5.41, 5.74) is 15.8. The summed E-state index contributed by atoms with van der Waals surface area (Å²) >= 11 is 0. The van der Waals surface area contributed by atoms with Gasteiger partial charge in [0.15, 0.2) is 0 Å². The van der Waals surface area contributed by atoms with Crippen LogP contribution in [0.25, 0.3) is 39.6 Å². The van der Waals surface area contributed by atoms with Gasteiger partial charge in [0.05, 0.1) is 28.1 Å². The van der Waals surface area contributed by atoms with E-state index in [4.69, 9.17) is 15.7 Å². The molecular weight excluding hydrogens is 508 g/mol. The highest BCUT2D eigenvalue weighted by atomic mass is 16.1. The Morgan fingerprint density at radius 3 is 2.32 bits per heavy atom. The standard InChI is InChI=1S/C34H34N6O/c1-22-10-15-31-30(20-22)38-34(41)40(31)25-16-18-39(19-17-25)21-23-11-13-24(14-12-23)32-33(26-6-2-3-7-27(26)35)37-29-9-5-4-8-28(29)36-32/h2-15,22,25H,16-21,35H2,1H3,(H,38,41). The van der Waals surface area contributed by atoms with Crippen LogP contribution in [0.2, 0.25) is 0 Å². The predicted octanol–water partition coefficient (Wildman–Crippen LogP) is 6.08. The molecule has 0 spiro atoms. The maximum Gasteiger partial charge on any atom is 0.326 e. The van der Waals surface area contributed by atoms with Crippen molar-refractivity contribution in [1.29, 1.82) is 0 Å². The summed E-state index contributed by atoms with van der Waals surface area (Å²) in [6.07, 6.45) is 7.20. The molecule has 0 saturated carbocycles. The maximum absolute atomic E-state index is 12.8. The smallest absolute Gasteiger partial charge is 0.326 e. The number of aromatic amines is 1. The SMILES string of the molecule is CC1C=Cc2c([nH]c(=O)n2C2CCN(Cc3ccc(-c4nc5ccccc5nc4-c4ccccc4N)cc3)CC2)C1. The normalized spacial score (nSPS) is 17.6. The summed E-state index contributed by atoms with van der Waals surface area (Å²) in [5.74, 6) is 0.471. The van der Waals surface area contributed by atoms with Crippen LogP contribution in [0.3, 0.4) is 0 Å². The molecule has 3 heterocycles. The lowest BCUT2D eigenvalue weighted by atomic mass is 9.97. The summed E-state index contributed by atoms with van der Waals surface area (Å²) in [7, 11) is 0. The molecule has 41 heavy (non-hydrogen) atoms. The van der Waals surface area contributed by atoms with Gasteiger partial charge in [-0.15, -0.1) is 0 Å². The van der Waals surface area contributed by atoms with E-state index >= 15 is 0 Å². The molecule has 1 aliphatic heterocycles. The number of piperidine rings is 1. The van der Waals surface area contributed by atoms with Crippen molar-refractivity contribution in [2.75, 3.05) is 18.8 Å². The van der Waals surface area contributed by atoms with Gasteiger partial charge >= 0.3 is 5.69 Å². The number of fused-ring (bicyclic) bond motifs is 2. The molecule has 5 aromatic rings. The van der Waals surface area contributed by atoms with Crippen molar-refractivity contribution in [3.8, 4) is 22.5 Å². The van der Waals surface area contributed by atoms with Crippen LogP contribution < -0.4 is 11.4 Å². The molecule has 2 aromatic heterocycles. The number of nitrogen functional groups attached to an aromatic ring is 1. The first kappa shape index (κ1) is 25.5. The average Bonchev–Trinajstić information content (AvgIpc) is 3.32. The van der Waals surface area contributed by atoms with Crippen molar-refractivity contribution in [2.45, 2.75) is 38.8 Å². The fraction of sp³-hybridized carbons (Fsp3) is 0.265. The van der Waals surface area contributed by atoms with Gasteiger partial charge in [0.25, 0.3) is 0 Å². The number of nitrogens with zero attached hydrogens (tertiary/aromatic N) is 4. The number of hydrogen-bond acceptors (Lipinski definition) is 5. The van der Waals surface area contributed by atoms with Gasteiger partial charge in [-0.2, -0.15) is 0 Å². The van der Waals surface area contributed by atoms with Gasteiger partial charge in [-0.25, -0.2) is 14.8 Å². The summed E-state index contributed by atoms with van der Waals surface area (Å²) in [6.45, 7) is 5.00. The maximum atomic E-state index is 12.8. The van der Waals surface area contributed by atoms with Crippen molar-refractivity contribution in [3.63, 3.8) is 0 Å².